The van der Waals surface area contributed by atoms with E-state index >= 15 is 0 Å². The van der Waals surface area contributed by atoms with E-state index in [1.807, 2.05) is 0 Å². The van der Waals surface area contributed by atoms with Gasteiger partial charge in [-0.1, -0.05) is 0 Å². The van der Waals surface area contributed by atoms with Crippen molar-refractivity contribution in [3.8, 4) is 0 Å². The van der Waals surface area contributed by atoms with Crippen molar-refractivity contribution in [2.75, 3.05) is 5.73 Å². The minimum Gasteiger partial charge on any atom is -0.398 e. The van der Waals surface area contributed by atoms with Crippen LogP contribution in [0.2, 0.25) is 0 Å². The summed E-state index contributed by atoms with van der Waals surface area (Å²) in [5.41, 5.74) is 5.92. The van der Waals surface area contributed by atoms with Gasteiger partial charge in [0.1, 0.15) is 5.69 Å². The van der Waals surface area contributed by atoms with Crippen LogP contribution in [-0.2, 0) is 0 Å². The Labute approximate surface area is 76.9 Å². The Kier molecular flexibility index (Phi) is 2.62. The van der Waals surface area contributed by atoms with Crippen LogP contribution in [0.4, 0.5) is 14.5 Å². The van der Waals surface area contributed by atoms with Crippen molar-refractivity contribution in [3.05, 3.63) is 21.9 Å². The maximum Gasteiger partial charge on any atom is 0.280 e. The molecule has 0 aromatic carbocycles. The predicted octanol–water partition coefficient (Wildman–Crippen LogP) is 2.67. The number of hydrogen-bond donors (Lipinski definition) is 1. The van der Waals surface area contributed by atoms with Gasteiger partial charge in [-0.25, -0.2) is 8.78 Å². The zero-order valence-electron chi connectivity index (χ0n) is 6.31. The van der Waals surface area contributed by atoms with Crippen LogP contribution in [-0.4, -0.2) is 4.98 Å². The molecular weight excluding hydrogens is 230 g/mol. The molecular formula is C7H7BrF2N2. The third-order valence-electron chi connectivity index (χ3n) is 1.39. The van der Waals surface area contributed by atoms with Gasteiger partial charge >= 0.3 is 0 Å². The van der Waals surface area contributed by atoms with E-state index in [1.54, 1.807) is 6.92 Å². The fraction of sp³-hybridized carbons (Fsp3) is 0.286. The lowest BCUT2D eigenvalue weighted by Gasteiger charge is -2.05. The van der Waals surface area contributed by atoms with Crippen LogP contribution in [0.1, 0.15) is 17.8 Å². The van der Waals surface area contributed by atoms with Crippen LogP contribution in [0.3, 0.4) is 0 Å². The fourth-order valence-electron chi connectivity index (χ4n) is 0.818. The molecule has 0 bridgehead atoms. The fourth-order valence-corrected chi connectivity index (χ4v) is 1.02. The number of halogens is 3. The Morgan fingerprint density at radius 3 is 2.58 bits per heavy atom. The second-order valence-electron chi connectivity index (χ2n) is 2.34. The van der Waals surface area contributed by atoms with E-state index in [0.717, 1.165) is 0 Å². The topological polar surface area (TPSA) is 38.9 Å². The predicted molar refractivity (Wildman–Crippen MR) is 46.0 cm³/mol. The summed E-state index contributed by atoms with van der Waals surface area (Å²) in [7, 11) is 0. The van der Waals surface area contributed by atoms with Crippen LogP contribution in [0.15, 0.2) is 10.5 Å². The van der Waals surface area contributed by atoms with Gasteiger partial charge in [-0.3, -0.25) is 4.98 Å². The molecule has 2 N–H and O–H groups in total. The van der Waals surface area contributed by atoms with Crippen LogP contribution < -0.4 is 5.73 Å². The molecule has 0 fully saturated rings. The molecule has 0 saturated carbocycles. The van der Waals surface area contributed by atoms with Crippen LogP contribution in [0.25, 0.3) is 0 Å². The third kappa shape index (κ3) is 1.72. The van der Waals surface area contributed by atoms with E-state index < -0.39 is 6.43 Å². The van der Waals surface area contributed by atoms with Gasteiger partial charge in [0.15, 0.2) is 0 Å². The number of nitrogens with two attached hydrogens (primary N) is 1. The molecule has 0 unspecified atom stereocenters. The van der Waals surface area contributed by atoms with Crippen LogP contribution >= 0.6 is 15.9 Å². The monoisotopic (exact) mass is 236 g/mol. The maximum absolute atomic E-state index is 12.1. The molecule has 0 aliphatic heterocycles. The van der Waals surface area contributed by atoms with E-state index in [4.69, 9.17) is 5.73 Å². The second kappa shape index (κ2) is 3.35. The summed E-state index contributed by atoms with van der Waals surface area (Å²) in [5, 5.41) is 0. The first-order valence-corrected chi connectivity index (χ1v) is 4.02. The van der Waals surface area contributed by atoms with E-state index in [1.165, 1.54) is 6.07 Å². The number of aromatic nitrogens is 1. The molecule has 0 atom stereocenters. The number of alkyl halides is 2. The Morgan fingerprint density at radius 1 is 1.58 bits per heavy atom. The van der Waals surface area contributed by atoms with Gasteiger partial charge in [0.25, 0.3) is 6.43 Å². The lowest BCUT2D eigenvalue weighted by Crippen LogP contribution is -1.98. The Balaban J connectivity index is 3.21. The van der Waals surface area contributed by atoms with E-state index in [0.29, 0.717) is 10.2 Å². The first-order chi connectivity index (χ1) is 5.52. The highest BCUT2D eigenvalue weighted by Gasteiger charge is 2.12. The van der Waals surface area contributed by atoms with Crippen molar-refractivity contribution < 1.29 is 8.78 Å². The molecule has 2 nitrogen and oxygen atoms in total. The van der Waals surface area contributed by atoms with Crippen molar-refractivity contribution in [2.24, 2.45) is 0 Å². The number of nitrogens with zero attached hydrogens (tertiary/aromatic N) is 1. The summed E-state index contributed by atoms with van der Waals surface area (Å²) in [6, 6.07) is 1.17. The molecule has 1 aromatic heterocycles. The Hall–Kier alpha value is -0.710. The van der Waals surface area contributed by atoms with Gasteiger partial charge in [0.2, 0.25) is 0 Å². The minimum atomic E-state index is -2.57. The highest BCUT2D eigenvalue weighted by atomic mass is 79.9. The van der Waals surface area contributed by atoms with Crippen molar-refractivity contribution in [2.45, 2.75) is 13.3 Å². The van der Waals surface area contributed by atoms with E-state index in [2.05, 4.69) is 20.9 Å². The molecule has 0 aliphatic rings. The highest BCUT2D eigenvalue weighted by molar-refractivity contribution is 9.10. The summed E-state index contributed by atoms with van der Waals surface area (Å²) < 4.78 is 24.8. The largest absolute Gasteiger partial charge is 0.398 e. The molecule has 0 amide bonds. The van der Waals surface area contributed by atoms with Gasteiger partial charge < -0.3 is 5.73 Å². The molecule has 0 saturated heterocycles. The van der Waals surface area contributed by atoms with Crippen molar-refractivity contribution in [1.82, 2.24) is 4.98 Å². The molecule has 0 spiro atoms. The number of aryl methyl sites for hydroxylation is 1. The summed E-state index contributed by atoms with van der Waals surface area (Å²) >= 11 is 3.13. The van der Waals surface area contributed by atoms with Gasteiger partial charge in [0.05, 0.1) is 10.2 Å². The smallest absolute Gasteiger partial charge is 0.280 e. The number of hydrogen-bond acceptors (Lipinski definition) is 2. The first kappa shape index (κ1) is 9.38. The van der Waals surface area contributed by atoms with Gasteiger partial charge in [-0.15, -0.1) is 0 Å². The average molecular weight is 237 g/mol. The molecule has 1 heterocycles. The molecule has 1 aromatic rings. The van der Waals surface area contributed by atoms with Gasteiger partial charge in [0, 0.05) is 5.69 Å². The second-order valence-corrected chi connectivity index (χ2v) is 3.13. The molecule has 1 rings (SSSR count). The van der Waals surface area contributed by atoms with Crippen molar-refractivity contribution in [3.63, 3.8) is 0 Å². The zero-order chi connectivity index (χ0) is 9.30. The minimum absolute atomic E-state index is 0.284. The molecule has 12 heavy (non-hydrogen) atoms. The number of rotatable bonds is 1. The van der Waals surface area contributed by atoms with E-state index in [9.17, 15) is 8.78 Å². The summed E-state index contributed by atoms with van der Waals surface area (Å²) in [6.07, 6.45) is -2.57. The number of pyridine rings is 1. The Bertz CT molecular complexity index is 278. The molecule has 0 radical (unpaired) electrons. The summed E-state index contributed by atoms with van der Waals surface area (Å²) in [5.74, 6) is 0. The van der Waals surface area contributed by atoms with E-state index in [-0.39, 0.29) is 11.4 Å². The third-order valence-corrected chi connectivity index (χ3v) is 2.43. The summed E-state index contributed by atoms with van der Waals surface area (Å²) in [6.45, 7) is 1.62. The molecule has 5 heteroatoms. The van der Waals surface area contributed by atoms with Crippen LogP contribution in [0, 0.1) is 6.92 Å². The van der Waals surface area contributed by atoms with Crippen molar-refractivity contribution in [1.29, 1.82) is 0 Å². The normalized spacial score (nSPS) is 10.8. The summed E-state index contributed by atoms with van der Waals surface area (Å²) in [4.78, 5) is 3.66. The van der Waals surface area contributed by atoms with Crippen LogP contribution in [0.5, 0.6) is 0 Å². The average Bonchev–Trinajstić information content (AvgIpc) is 1.99. The molecule has 0 aliphatic carbocycles. The number of anilines is 1. The first-order valence-electron chi connectivity index (χ1n) is 3.23. The lowest BCUT2D eigenvalue weighted by atomic mass is 10.3. The quantitative estimate of drug-likeness (QED) is 0.815. The standard InChI is InChI=1S/C7H7BrF2N2/c1-3-6(8)4(11)2-5(12-3)7(9)10/h2,7H,1H3,(H2,11,12). The van der Waals surface area contributed by atoms with Gasteiger partial charge in [-0.05, 0) is 28.9 Å². The molecule has 66 valence electrons. The Morgan fingerprint density at radius 2 is 2.17 bits per heavy atom. The highest BCUT2D eigenvalue weighted by Crippen LogP contribution is 2.26. The number of nitrogen functional groups attached to an aromatic ring is 1. The van der Waals surface area contributed by atoms with Crippen molar-refractivity contribution >= 4 is 21.6 Å². The SMILES string of the molecule is Cc1nc(C(F)F)cc(N)c1Br. The zero-order valence-corrected chi connectivity index (χ0v) is 7.90. The maximum atomic E-state index is 12.1. The van der Waals surface area contributed by atoms with Gasteiger partial charge in [-0.2, -0.15) is 0 Å². The lowest BCUT2D eigenvalue weighted by molar-refractivity contribution is 0.146.